The van der Waals surface area contributed by atoms with Gasteiger partial charge in [-0.1, -0.05) is 6.92 Å². The minimum absolute atomic E-state index is 0.00155. The van der Waals surface area contributed by atoms with Crippen LogP contribution >= 0.6 is 0 Å². The molecule has 2 atom stereocenters. The Bertz CT molecular complexity index is 652. The van der Waals surface area contributed by atoms with Crippen LogP contribution in [0.15, 0.2) is 0 Å². The zero-order valence-corrected chi connectivity index (χ0v) is 18.0. The molecule has 10 heteroatoms. The van der Waals surface area contributed by atoms with E-state index in [2.05, 4.69) is 0 Å². The van der Waals surface area contributed by atoms with Gasteiger partial charge in [0.25, 0.3) is 0 Å². The Kier molecular flexibility index (Phi) is 8.16. The lowest BCUT2D eigenvalue weighted by atomic mass is 9.92. The van der Waals surface area contributed by atoms with Crippen molar-refractivity contribution in [3.05, 3.63) is 0 Å². The highest BCUT2D eigenvalue weighted by Gasteiger charge is 2.50. The van der Waals surface area contributed by atoms with Crippen LogP contribution in [0.5, 0.6) is 0 Å². The number of hydrogen-bond donors (Lipinski definition) is 0. The number of hydrogen-bond acceptors (Lipinski definition) is 8. The first-order valence-corrected chi connectivity index (χ1v) is 9.49. The summed E-state index contributed by atoms with van der Waals surface area (Å²) in [6, 6.07) is -1.91. The summed E-state index contributed by atoms with van der Waals surface area (Å²) in [7, 11) is 1.44. The molecule has 164 valence electrons. The average molecular weight is 414 g/mol. The smallest absolute Gasteiger partial charge is 0.331 e. The van der Waals surface area contributed by atoms with E-state index in [-0.39, 0.29) is 19.8 Å². The average Bonchev–Trinajstić information content (AvgIpc) is 2.88. The maximum Gasteiger partial charge on any atom is 0.331 e. The van der Waals surface area contributed by atoms with Crippen LogP contribution in [0.3, 0.4) is 0 Å². The predicted octanol–water partition coefficient (Wildman–Crippen LogP) is 0.969. The number of amides is 3. The molecule has 0 aromatic carbocycles. The molecule has 0 spiro atoms. The molecule has 3 amide bonds. The van der Waals surface area contributed by atoms with Crippen molar-refractivity contribution in [2.24, 2.45) is 11.8 Å². The van der Waals surface area contributed by atoms with Crippen LogP contribution in [-0.2, 0) is 33.4 Å². The molecule has 10 nitrogen and oxygen atoms in total. The van der Waals surface area contributed by atoms with Gasteiger partial charge in [0, 0.05) is 7.05 Å². The van der Waals surface area contributed by atoms with E-state index in [1.54, 1.807) is 34.6 Å². The van der Waals surface area contributed by atoms with Gasteiger partial charge in [-0.2, -0.15) is 0 Å². The second kappa shape index (κ2) is 9.71. The van der Waals surface area contributed by atoms with E-state index in [1.807, 2.05) is 0 Å². The highest BCUT2D eigenvalue weighted by Crippen LogP contribution is 2.25. The molecule has 0 aromatic rings. The first-order chi connectivity index (χ1) is 13.4. The third-order valence-electron chi connectivity index (χ3n) is 4.18. The normalized spacial score (nSPS) is 17.9. The molecule has 0 unspecified atom stereocenters. The van der Waals surface area contributed by atoms with Gasteiger partial charge in [0.05, 0.1) is 25.7 Å². The third kappa shape index (κ3) is 5.91. The molecule has 1 rings (SSSR count). The van der Waals surface area contributed by atoms with Gasteiger partial charge >= 0.3 is 23.9 Å². The van der Waals surface area contributed by atoms with Crippen molar-refractivity contribution in [3.63, 3.8) is 0 Å². The number of nitrogens with zero attached hydrogens (tertiary/aromatic N) is 2. The van der Waals surface area contributed by atoms with E-state index >= 15 is 0 Å². The molecule has 0 radical (unpaired) electrons. The highest BCUT2D eigenvalue weighted by atomic mass is 16.6. The zero-order chi connectivity index (χ0) is 22.5. The van der Waals surface area contributed by atoms with Gasteiger partial charge in [-0.3, -0.25) is 14.4 Å². The fourth-order valence-electron chi connectivity index (χ4n) is 2.86. The molecular weight excluding hydrogens is 384 g/mol. The summed E-state index contributed by atoms with van der Waals surface area (Å²) >= 11 is 0. The summed E-state index contributed by atoms with van der Waals surface area (Å²) in [4.78, 5) is 64.7. The maximum atomic E-state index is 13.1. The number of esters is 3. The second-order valence-corrected chi connectivity index (χ2v) is 7.69. The van der Waals surface area contributed by atoms with E-state index in [0.29, 0.717) is 0 Å². The monoisotopic (exact) mass is 414 g/mol. The van der Waals surface area contributed by atoms with E-state index in [1.165, 1.54) is 18.9 Å². The largest absolute Gasteiger partial charge is 0.465 e. The molecule has 1 heterocycles. The first kappa shape index (κ1) is 24.4. The van der Waals surface area contributed by atoms with Crippen molar-refractivity contribution >= 4 is 29.8 Å². The van der Waals surface area contributed by atoms with Crippen molar-refractivity contribution in [1.29, 1.82) is 0 Å². The standard InChI is InChI=1S/C19H30N2O8/c1-8-27-16(24)13(17(25)28-9-2)11(3)14(22)21-12(10-20(7)18(21)26)15(23)29-19(4,5)6/h11-13H,8-10H2,1-7H3/t11-,12-/m0/s1. The maximum absolute atomic E-state index is 13.1. The van der Waals surface area contributed by atoms with E-state index < -0.39 is 53.3 Å². The van der Waals surface area contributed by atoms with Gasteiger partial charge in [0.1, 0.15) is 5.60 Å². The fourth-order valence-corrected chi connectivity index (χ4v) is 2.86. The quantitative estimate of drug-likeness (QED) is 0.343. The zero-order valence-electron chi connectivity index (χ0n) is 18.0. The molecule has 1 aliphatic heterocycles. The van der Waals surface area contributed by atoms with E-state index in [0.717, 1.165) is 4.90 Å². The number of ether oxygens (including phenoxy) is 3. The summed E-state index contributed by atoms with van der Waals surface area (Å²) < 4.78 is 15.1. The van der Waals surface area contributed by atoms with Crippen LogP contribution in [0, 0.1) is 11.8 Å². The molecule has 0 aliphatic carbocycles. The molecule has 1 aliphatic rings. The van der Waals surface area contributed by atoms with Gasteiger partial charge < -0.3 is 19.1 Å². The van der Waals surface area contributed by atoms with Crippen LogP contribution in [0.2, 0.25) is 0 Å². The molecule has 0 N–H and O–H groups in total. The van der Waals surface area contributed by atoms with Gasteiger partial charge in [-0.15, -0.1) is 0 Å². The molecule has 0 saturated carbocycles. The van der Waals surface area contributed by atoms with E-state index in [4.69, 9.17) is 14.2 Å². The Morgan fingerprint density at radius 1 is 1.07 bits per heavy atom. The van der Waals surface area contributed by atoms with Gasteiger partial charge in [-0.05, 0) is 34.6 Å². The number of carbonyl (C=O) groups excluding carboxylic acids is 5. The number of rotatable bonds is 7. The molecule has 1 saturated heterocycles. The van der Waals surface area contributed by atoms with Crippen molar-refractivity contribution in [2.75, 3.05) is 26.8 Å². The molecule has 29 heavy (non-hydrogen) atoms. The Balaban J connectivity index is 3.19. The van der Waals surface area contributed by atoms with Crippen molar-refractivity contribution in [3.8, 4) is 0 Å². The van der Waals surface area contributed by atoms with Gasteiger partial charge in [0.15, 0.2) is 12.0 Å². The molecule has 0 bridgehead atoms. The number of carbonyl (C=O) groups is 5. The Hall–Kier alpha value is -2.65. The van der Waals surface area contributed by atoms with Gasteiger partial charge in [-0.25, -0.2) is 14.5 Å². The summed E-state index contributed by atoms with van der Waals surface area (Å²) in [6.07, 6.45) is 0. The highest BCUT2D eigenvalue weighted by molar-refractivity contribution is 6.06. The summed E-state index contributed by atoms with van der Waals surface area (Å²) in [5.74, 6) is -6.31. The van der Waals surface area contributed by atoms with Crippen LogP contribution in [-0.4, -0.2) is 78.1 Å². The molecular formula is C19H30N2O8. The third-order valence-corrected chi connectivity index (χ3v) is 4.18. The fraction of sp³-hybridized carbons (Fsp3) is 0.737. The summed E-state index contributed by atoms with van der Waals surface area (Å²) in [5, 5.41) is 0. The van der Waals surface area contributed by atoms with Crippen LogP contribution < -0.4 is 0 Å². The van der Waals surface area contributed by atoms with Crippen molar-refractivity contribution < 1.29 is 38.2 Å². The lowest BCUT2D eigenvalue weighted by molar-refractivity contribution is -0.168. The Labute approximate surface area is 170 Å². The molecule has 1 fully saturated rings. The Morgan fingerprint density at radius 3 is 1.97 bits per heavy atom. The summed E-state index contributed by atoms with van der Waals surface area (Å²) in [6.45, 7) is 9.37. The number of imide groups is 1. The molecule has 0 aromatic heterocycles. The lowest BCUT2D eigenvalue weighted by Crippen LogP contribution is -2.51. The SMILES string of the molecule is CCOC(=O)C(C(=O)OCC)[C@H](C)C(=O)N1C(=O)N(C)C[C@H]1C(=O)OC(C)(C)C. The number of likely N-dealkylation sites (N-methyl/N-ethyl adjacent to an activating group) is 1. The minimum Gasteiger partial charge on any atom is -0.465 e. The second-order valence-electron chi connectivity index (χ2n) is 7.69. The van der Waals surface area contributed by atoms with Crippen LogP contribution in [0.1, 0.15) is 41.5 Å². The first-order valence-electron chi connectivity index (χ1n) is 9.49. The Morgan fingerprint density at radius 2 is 1.55 bits per heavy atom. The summed E-state index contributed by atoms with van der Waals surface area (Å²) in [5.41, 5.74) is -0.819. The van der Waals surface area contributed by atoms with E-state index in [9.17, 15) is 24.0 Å². The predicted molar refractivity (Wildman–Crippen MR) is 100 cm³/mol. The van der Waals surface area contributed by atoms with Gasteiger partial charge in [0.2, 0.25) is 5.91 Å². The van der Waals surface area contributed by atoms with Crippen LogP contribution in [0.4, 0.5) is 4.79 Å². The number of urea groups is 1. The minimum atomic E-state index is -1.56. The topological polar surface area (TPSA) is 120 Å². The van der Waals surface area contributed by atoms with Crippen molar-refractivity contribution in [1.82, 2.24) is 9.80 Å². The lowest BCUT2D eigenvalue weighted by Gasteiger charge is -2.28. The van der Waals surface area contributed by atoms with Crippen molar-refractivity contribution in [2.45, 2.75) is 53.2 Å². The van der Waals surface area contributed by atoms with Crippen LogP contribution in [0.25, 0.3) is 0 Å².